The molecule has 0 atom stereocenters. The Labute approximate surface area is 116 Å². The molecule has 0 fully saturated rings. The molecule has 19 heavy (non-hydrogen) atoms. The van der Waals surface area contributed by atoms with Crippen LogP contribution in [0.2, 0.25) is 0 Å². The number of nitrogens with one attached hydrogen (secondary N) is 1. The minimum atomic E-state index is 0.890. The zero-order valence-electron chi connectivity index (χ0n) is 10.8. The molecule has 2 heterocycles. The number of hydrogen-bond donors (Lipinski definition) is 1. The van der Waals surface area contributed by atoms with E-state index in [-0.39, 0.29) is 0 Å². The Morgan fingerprint density at radius 1 is 1.11 bits per heavy atom. The molecule has 2 aromatic heterocycles. The fraction of sp³-hybridized carbons (Fsp3) is 0.200. The van der Waals surface area contributed by atoms with Gasteiger partial charge in [-0.1, -0.05) is 12.1 Å². The van der Waals surface area contributed by atoms with Crippen LogP contribution in [0.1, 0.15) is 9.75 Å². The summed E-state index contributed by atoms with van der Waals surface area (Å²) in [4.78, 5) is 11.4. The largest absolute Gasteiger partial charge is 0.369 e. The zero-order valence-corrected chi connectivity index (χ0v) is 11.6. The molecule has 1 N–H and O–H groups in total. The van der Waals surface area contributed by atoms with Crippen molar-refractivity contribution in [2.75, 3.05) is 11.9 Å². The van der Waals surface area contributed by atoms with Crippen molar-refractivity contribution in [2.24, 2.45) is 0 Å². The van der Waals surface area contributed by atoms with Gasteiger partial charge in [-0.05, 0) is 37.6 Å². The first kappa shape index (κ1) is 12.1. The van der Waals surface area contributed by atoms with Gasteiger partial charge >= 0.3 is 0 Å². The number of hydrogen-bond acceptors (Lipinski definition) is 4. The summed E-state index contributed by atoms with van der Waals surface area (Å²) in [5.74, 6) is 0.916. The number of rotatable bonds is 4. The number of benzene rings is 1. The number of para-hydroxylation sites is 1. The molecule has 4 heteroatoms. The summed E-state index contributed by atoms with van der Waals surface area (Å²) in [6.45, 7) is 3.03. The molecule has 96 valence electrons. The topological polar surface area (TPSA) is 37.8 Å². The Balaban J connectivity index is 1.71. The minimum Gasteiger partial charge on any atom is -0.369 e. The summed E-state index contributed by atoms with van der Waals surface area (Å²) < 4.78 is 0. The molecule has 0 unspecified atom stereocenters. The Bertz CT molecular complexity index is 685. The van der Waals surface area contributed by atoms with Gasteiger partial charge in [0, 0.05) is 21.7 Å². The summed E-state index contributed by atoms with van der Waals surface area (Å²) in [5.41, 5.74) is 0.979. The van der Waals surface area contributed by atoms with E-state index in [1.165, 1.54) is 9.75 Å². The number of fused-ring (bicyclic) bond motifs is 1. The molecular formula is C15H15N3S. The molecule has 0 radical (unpaired) electrons. The third-order valence-electron chi connectivity index (χ3n) is 3.00. The second kappa shape index (κ2) is 5.36. The lowest BCUT2D eigenvalue weighted by Crippen LogP contribution is -2.06. The van der Waals surface area contributed by atoms with Crippen LogP contribution in [0.3, 0.4) is 0 Å². The lowest BCUT2D eigenvalue weighted by molar-refractivity contribution is 1.03. The molecule has 1 aromatic carbocycles. The van der Waals surface area contributed by atoms with Crippen LogP contribution in [0, 0.1) is 6.92 Å². The van der Waals surface area contributed by atoms with E-state index in [2.05, 4.69) is 34.3 Å². The van der Waals surface area contributed by atoms with Crippen molar-refractivity contribution in [3.63, 3.8) is 0 Å². The number of nitrogens with zero attached hydrogens (tertiary/aromatic N) is 2. The molecule has 0 amide bonds. The molecule has 0 bridgehead atoms. The van der Waals surface area contributed by atoms with Crippen molar-refractivity contribution >= 4 is 28.1 Å². The second-order valence-electron chi connectivity index (χ2n) is 4.43. The van der Waals surface area contributed by atoms with Gasteiger partial charge in [0.05, 0.1) is 5.52 Å². The average Bonchev–Trinajstić information content (AvgIpc) is 2.85. The summed E-state index contributed by atoms with van der Waals surface area (Å²) in [7, 11) is 0. The first-order valence-corrected chi connectivity index (χ1v) is 7.13. The van der Waals surface area contributed by atoms with Crippen molar-refractivity contribution in [1.82, 2.24) is 9.97 Å². The quantitative estimate of drug-likeness (QED) is 0.785. The van der Waals surface area contributed by atoms with E-state index in [9.17, 15) is 0 Å². The van der Waals surface area contributed by atoms with Crippen molar-refractivity contribution < 1.29 is 0 Å². The van der Waals surface area contributed by atoms with Crippen LogP contribution in [-0.4, -0.2) is 16.5 Å². The summed E-state index contributed by atoms with van der Waals surface area (Å²) >= 11 is 1.85. The zero-order chi connectivity index (χ0) is 13.1. The van der Waals surface area contributed by atoms with Gasteiger partial charge < -0.3 is 5.32 Å². The molecule has 0 saturated carbocycles. The number of aryl methyl sites for hydroxylation is 1. The van der Waals surface area contributed by atoms with Gasteiger partial charge in [-0.3, -0.25) is 0 Å². The first-order chi connectivity index (χ1) is 9.33. The van der Waals surface area contributed by atoms with Crippen molar-refractivity contribution in [3.8, 4) is 0 Å². The predicted molar refractivity (Wildman–Crippen MR) is 80.8 cm³/mol. The van der Waals surface area contributed by atoms with Crippen molar-refractivity contribution in [1.29, 1.82) is 0 Å². The van der Waals surface area contributed by atoms with E-state index >= 15 is 0 Å². The molecule has 3 rings (SSSR count). The van der Waals surface area contributed by atoms with E-state index in [1.807, 2.05) is 35.6 Å². The van der Waals surface area contributed by atoms with Crippen LogP contribution >= 0.6 is 11.3 Å². The Hall–Kier alpha value is -1.94. The first-order valence-electron chi connectivity index (χ1n) is 6.32. The number of anilines is 1. The third-order valence-corrected chi connectivity index (χ3v) is 4.06. The molecule has 0 aliphatic heterocycles. The molecule has 0 aliphatic rings. The maximum absolute atomic E-state index is 4.32. The van der Waals surface area contributed by atoms with Gasteiger partial charge in [-0.15, -0.1) is 11.3 Å². The summed E-state index contributed by atoms with van der Waals surface area (Å²) in [5, 5.41) is 4.48. The maximum Gasteiger partial charge on any atom is 0.137 e. The molecule has 0 spiro atoms. The van der Waals surface area contributed by atoms with Gasteiger partial charge in [0.15, 0.2) is 0 Å². The standard InChI is InChI=1S/C15H15N3S/c1-11-6-7-12(19-11)8-9-16-15-13-4-2-3-5-14(13)17-10-18-15/h2-7,10H,8-9H2,1H3,(H,16,17,18). The Morgan fingerprint density at radius 2 is 2.00 bits per heavy atom. The molecule has 3 nitrogen and oxygen atoms in total. The average molecular weight is 269 g/mol. The number of thiophene rings is 1. The van der Waals surface area contributed by atoms with E-state index in [4.69, 9.17) is 0 Å². The second-order valence-corrected chi connectivity index (χ2v) is 5.80. The Morgan fingerprint density at radius 3 is 2.84 bits per heavy atom. The maximum atomic E-state index is 4.32. The molecule has 0 aliphatic carbocycles. The normalized spacial score (nSPS) is 10.8. The van der Waals surface area contributed by atoms with E-state index in [1.54, 1.807) is 6.33 Å². The number of aromatic nitrogens is 2. The van der Waals surface area contributed by atoms with E-state index in [0.29, 0.717) is 0 Å². The SMILES string of the molecule is Cc1ccc(CCNc2ncnc3ccccc23)s1. The monoisotopic (exact) mass is 269 g/mol. The summed E-state index contributed by atoms with van der Waals surface area (Å²) in [6.07, 6.45) is 2.64. The van der Waals surface area contributed by atoms with Crippen LogP contribution in [0.4, 0.5) is 5.82 Å². The Kier molecular flexibility index (Phi) is 3.42. The van der Waals surface area contributed by atoms with Gasteiger partial charge in [0.25, 0.3) is 0 Å². The molecule has 0 saturated heterocycles. The summed E-state index contributed by atoms with van der Waals surface area (Å²) in [6, 6.07) is 12.4. The van der Waals surface area contributed by atoms with E-state index in [0.717, 1.165) is 29.7 Å². The predicted octanol–water partition coefficient (Wildman–Crippen LogP) is 3.65. The van der Waals surface area contributed by atoms with Crippen LogP contribution in [-0.2, 0) is 6.42 Å². The van der Waals surface area contributed by atoms with Crippen LogP contribution in [0.15, 0.2) is 42.7 Å². The lowest BCUT2D eigenvalue weighted by Gasteiger charge is -2.07. The highest BCUT2D eigenvalue weighted by Gasteiger charge is 2.02. The van der Waals surface area contributed by atoms with Crippen LogP contribution in [0.25, 0.3) is 10.9 Å². The van der Waals surface area contributed by atoms with Gasteiger partial charge in [0.2, 0.25) is 0 Å². The van der Waals surface area contributed by atoms with Crippen molar-refractivity contribution in [2.45, 2.75) is 13.3 Å². The highest BCUT2D eigenvalue weighted by molar-refractivity contribution is 7.11. The molecule has 3 aromatic rings. The van der Waals surface area contributed by atoms with Crippen LogP contribution in [0.5, 0.6) is 0 Å². The molecular weight excluding hydrogens is 254 g/mol. The fourth-order valence-electron chi connectivity index (χ4n) is 2.07. The van der Waals surface area contributed by atoms with Gasteiger partial charge in [0.1, 0.15) is 12.1 Å². The van der Waals surface area contributed by atoms with Crippen molar-refractivity contribution in [3.05, 3.63) is 52.5 Å². The lowest BCUT2D eigenvalue weighted by atomic mass is 10.2. The van der Waals surface area contributed by atoms with Gasteiger partial charge in [-0.25, -0.2) is 9.97 Å². The van der Waals surface area contributed by atoms with Crippen LogP contribution < -0.4 is 5.32 Å². The highest BCUT2D eigenvalue weighted by Crippen LogP contribution is 2.19. The fourth-order valence-corrected chi connectivity index (χ4v) is 2.96. The minimum absolute atomic E-state index is 0.890. The third kappa shape index (κ3) is 2.74. The highest BCUT2D eigenvalue weighted by atomic mass is 32.1. The smallest absolute Gasteiger partial charge is 0.137 e. The van der Waals surface area contributed by atoms with E-state index < -0.39 is 0 Å². The van der Waals surface area contributed by atoms with Gasteiger partial charge in [-0.2, -0.15) is 0 Å².